The summed E-state index contributed by atoms with van der Waals surface area (Å²) in [4.78, 5) is 41.0. The zero-order valence-corrected chi connectivity index (χ0v) is 37.2. The molecule has 11 nitrogen and oxygen atoms in total. The Hall–Kier alpha value is -3.22. The van der Waals surface area contributed by atoms with Crippen LogP contribution in [0.1, 0.15) is 84.2 Å². The van der Waals surface area contributed by atoms with E-state index in [1.807, 2.05) is 82.4 Å². The Morgan fingerprint density at radius 3 is 2.27 bits per heavy atom. The van der Waals surface area contributed by atoms with Gasteiger partial charge in [0.2, 0.25) is 5.91 Å². The normalized spacial score (nSPS) is 24.1. The molecule has 11 heteroatoms. The number of anilines is 1. The van der Waals surface area contributed by atoms with Crippen molar-refractivity contribution in [3.05, 3.63) is 47.5 Å². The zero-order valence-electron chi connectivity index (χ0n) is 37.2. The van der Waals surface area contributed by atoms with Gasteiger partial charge in [-0.1, -0.05) is 66.7 Å². The number of aliphatic hydroxyl groups is 1. The molecule has 2 fully saturated rings. The van der Waals surface area contributed by atoms with E-state index in [4.69, 9.17) is 9.57 Å². The van der Waals surface area contributed by atoms with Gasteiger partial charge < -0.3 is 35.2 Å². The Balaban J connectivity index is 1.68. The van der Waals surface area contributed by atoms with Gasteiger partial charge in [0.05, 0.1) is 25.9 Å². The van der Waals surface area contributed by atoms with E-state index >= 15 is 0 Å². The van der Waals surface area contributed by atoms with Gasteiger partial charge in [0, 0.05) is 68.1 Å². The maximum atomic E-state index is 14.3. The second-order valence-electron chi connectivity index (χ2n) is 19.4. The average Bonchev–Trinajstić information content (AvgIpc) is 3.44. The molecule has 0 radical (unpaired) electrons. The molecule has 2 aliphatic rings. The Bertz CT molecular complexity index is 1640. The predicted molar refractivity (Wildman–Crippen MR) is 228 cm³/mol. The number of hydrogen-bond donors (Lipinski definition) is 3. The highest BCUT2D eigenvalue weighted by atomic mass is 16.7. The molecular formula is C45H74N6O5. The molecule has 1 saturated heterocycles. The fraction of sp³-hybridized carbons (Fsp3) is 0.689. The molecule has 314 valence electrons. The van der Waals surface area contributed by atoms with Gasteiger partial charge in [-0.25, -0.2) is 0 Å². The predicted octanol–water partition coefficient (Wildman–Crippen LogP) is 6.00. The van der Waals surface area contributed by atoms with Crippen LogP contribution in [0.5, 0.6) is 5.75 Å². The van der Waals surface area contributed by atoms with Crippen LogP contribution in [-0.2, 0) is 16.2 Å². The lowest BCUT2D eigenvalue weighted by Gasteiger charge is -2.53. The quantitative estimate of drug-likeness (QED) is 0.178. The third kappa shape index (κ3) is 11.0. The average molecular weight is 779 g/mol. The number of hydroxylamine groups is 2. The number of ether oxygens (including phenoxy) is 1. The van der Waals surface area contributed by atoms with Crippen LogP contribution < -0.4 is 20.3 Å². The Kier molecular flexibility index (Phi) is 15.1. The molecule has 2 aromatic rings. The van der Waals surface area contributed by atoms with Gasteiger partial charge in [0.15, 0.2) is 0 Å². The summed E-state index contributed by atoms with van der Waals surface area (Å²) in [6.45, 7) is 19.6. The van der Waals surface area contributed by atoms with Gasteiger partial charge in [0.25, 0.3) is 5.91 Å². The molecule has 1 unspecified atom stereocenters. The van der Waals surface area contributed by atoms with Crippen molar-refractivity contribution in [2.75, 3.05) is 73.9 Å². The molecule has 1 aliphatic carbocycles. The minimum atomic E-state index is -0.781. The van der Waals surface area contributed by atoms with Crippen molar-refractivity contribution in [2.45, 2.75) is 99.1 Å². The fourth-order valence-corrected chi connectivity index (χ4v) is 9.01. The van der Waals surface area contributed by atoms with E-state index in [-0.39, 0.29) is 35.2 Å². The van der Waals surface area contributed by atoms with E-state index in [1.54, 1.807) is 19.1 Å². The van der Waals surface area contributed by atoms with Crippen LogP contribution in [0.15, 0.2) is 36.4 Å². The Morgan fingerprint density at radius 1 is 1.05 bits per heavy atom. The molecule has 2 aromatic carbocycles. The van der Waals surface area contributed by atoms with E-state index in [2.05, 4.69) is 70.1 Å². The van der Waals surface area contributed by atoms with E-state index in [9.17, 15) is 14.7 Å². The van der Waals surface area contributed by atoms with Crippen molar-refractivity contribution in [3.63, 3.8) is 0 Å². The topological polar surface area (TPSA) is 110 Å². The molecule has 1 saturated carbocycles. The highest BCUT2D eigenvalue weighted by Crippen LogP contribution is 2.54. The summed E-state index contributed by atoms with van der Waals surface area (Å²) < 4.78 is 6.16. The number of rotatable bonds is 17. The molecule has 1 aliphatic heterocycles. The van der Waals surface area contributed by atoms with Crippen molar-refractivity contribution >= 4 is 17.5 Å². The summed E-state index contributed by atoms with van der Waals surface area (Å²) in [5.74, 6) is 1.44. The molecule has 0 bridgehead atoms. The van der Waals surface area contributed by atoms with Crippen molar-refractivity contribution in [1.82, 2.24) is 25.5 Å². The molecule has 8 atom stereocenters. The number of carbonyl (C=O) groups is 2. The van der Waals surface area contributed by atoms with Gasteiger partial charge in [-0.05, 0) is 100 Å². The number of aliphatic hydroxyl groups excluding tert-OH is 1. The summed E-state index contributed by atoms with van der Waals surface area (Å²) in [6, 6.07) is 11.1. The number of benzene rings is 2. The summed E-state index contributed by atoms with van der Waals surface area (Å²) in [6.07, 6.45) is 0.827. The van der Waals surface area contributed by atoms with Gasteiger partial charge in [-0.3, -0.25) is 14.4 Å². The van der Waals surface area contributed by atoms with E-state index in [1.165, 1.54) is 0 Å². The molecule has 2 amide bonds. The van der Waals surface area contributed by atoms with Crippen molar-refractivity contribution < 1.29 is 24.3 Å². The number of nitrogens with zero attached hydrogens (tertiary/aromatic N) is 4. The van der Waals surface area contributed by atoms with Crippen LogP contribution in [0.4, 0.5) is 5.69 Å². The number of carbonyl (C=O) groups excluding carboxylic acids is 2. The first-order valence-corrected chi connectivity index (χ1v) is 20.5. The summed E-state index contributed by atoms with van der Waals surface area (Å²) in [5, 5.41) is 19.5. The van der Waals surface area contributed by atoms with Gasteiger partial charge in [-0.2, -0.15) is 5.06 Å². The largest absolute Gasteiger partial charge is 0.496 e. The molecular weight excluding hydrogens is 705 g/mol. The van der Waals surface area contributed by atoms with Crippen molar-refractivity contribution in [2.24, 2.45) is 34.5 Å². The minimum Gasteiger partial charge on any atom is -0.496 e. The molecule has 4 rings (SSSR count). The van der Waals surface area contributed by atoms with Crippen molar-refractivity contribution in [1.29, 1.82) is 0 Å². The standard InChI is InChI=1S/C45H74N6O5/c1-28(37-19-29(2)45(37,7)8)24-46-43(54)40-39(30(3)52)38(27-49(11)12)56-51(40)25-31-17-16-18-36(41(31)55-15)32-20-33(22-35(21-32)50(13)14)42(53)47-34(26-48(9)10)23-44(4,5)6/h16-18,20-22,28-30,34,37-40,52H,19,23-27H2,1-15H3,(H,46,54)(H,47,53)/t28-,29-,30+,34?,37-,38+,39-,40+/m1/s1. The van der Waals surface area contributed by atoms with Crippen LogP contribution in [0.2, 0.25) is 0 Å². The first kappa shape index (κ1) is 45.5. The SMILES string of the molecule is COc1c(CN2O[C@@H](CN(C)C)[C@@H]([C@H](C)O)[C@H]2C(=O)NC[C@@H](C)[C@H]2C[C@@H](C)C2(C)C)cccc1-c1cc(C(=O)NC(CN(C)C)CC(C)(C)C)cc(N(C)C)c1. The monoisotopic (exact) mass is 779 g/mol. The molecule has 56 heavy (non-hydrogen) atoms. The van der Waals surface area contributed by atoms with Crippen LogP contribution >= 0.6 is 0 Å². The number of methoxy groups -OCH3 is 1. The first-order chi connectivity index (χ1) is 26.0. The van der Waals surface area contributed by atoms with Crippen LogP contribution in [0, 0.1) is 34.5 Å². The molecule has 0 spiro atoms. The lowest BCUT2D eigenvalue weighted by molar-refractivity contribution is -0.177. The fourth-order valence-electron chi connectivity index (χ4n) is 9.01. The summed E-state index contributed by atoms with van der Waals surface area (Å²) in [5.41, 5.74) is 4.23. The number of para-hydroxylation sites is 1. The third-order valence-electron chi connectivity index (χ3n) is 12.3. The maximum Gasteiger partial charge on any atom is 0.251 e. The highest BCUT2D eigenvalue weighted by molar-refractivity contribution is 5.97. The van der Waals surface area contributed by atoms with E-state index in [0.29, 0.717) is 42.2 Å². The van der Waals surface area contributed by atoms with Crippen LogP contribution in [-0.4, -0.2) is 125 Å². The number of likely N-dealkylation sites (N-methyl/N-ethyl adjacent to an activating group) is 2. The summed E-state index contributed by atoms with van der Waals surface area (Å²) >= 11 is 0. The first-order valence-electron chi connectivity index (χ1n) is 20.5. The number of amides is 2. The van der Waals surface area contributed by atoms with Gasteiger partial charge in [0.1, 0.15) is 11.8 Å². The maximum absolute atomic E-state index is 14.3. The van der Waals surface area contributed by atoms with Crippen molar-refractivity contribution in [3.8, 4) is 16.9 Å². The van der Waals surface area contributed by atoms with E-state index in [0.717, 1.165) is 41.8 Å². The number of hydrogen-bond acceptors (Lipinski definition) is 9. The zero-order chi connectivity index (χ0) is 41.9. The minimum absolute atomic E-state index is 0.0221. The molecule has 1 heterocycles. The Labute approximate surface area is 338 Å². The second kappa shape index (κ2) is 18.6. The third-order valence-corrected chi connectivity index (χ3v) is 12.3. The lowest BCUT2D eigenvalue weighted by Crippen LogP contribution is -2.52. The second-order valence-corrected chi connectivity index (χ2v) is 19.4. The molecule has 3 N–H and O–H groups in total. The lowest BCUT2D eigenvalue weighted by atomic mass is 9.52. The van der Waals surface area contributed by atoms with Gasteiger partial charge in [-0.15, -0.1) is 0 Å². The summed E-state index contributed by atoms with van der Waals surface area (Å²) in [7, 11) is 13.6. The van der Waals surface area contributed by atoms with Crippen LogP contribution in [0.25, 0.3) is 11.1 Å². The molecule has 0 aromatic heterocycles. The van der Waals surface area contributed by atoms with Crippen LogP contribution in [0.3, 0.4) is 0 Å². The smallest absolute Gasteiger partial charge is 0.251 e. The number of nitrogens with one attached hydrogen (secondary N) is 2. The van der Waals surface area contributed by atoms with Gasteiger partial charge >= 0.3 is 0 Å². The van der Waals surface area contributed by atoms with E-state index < -0.39 is 24.2 Å². The Morgan fingerprint density at radius 2 is 1.73 bits per heavy atom. The highest BCUT2D eigenvalue weighted by Gasteiger charge is 2.51.